The van der Waals surface area contributed by atoms with E-state index in [-0.39, 0.29) is 24.4 Å². The largest absolute Gasteiger partial charge is 0.339 e. The standard InChI is InChI=1S/C20H25N3O3/c1-20(2)18(25)23(19(26)21-20)12-6-9-17(24)22-13-10-16(11-14-22)15-7-4-3-5-8-15/h3-5,7-8,10H,6,9,11-14H2,1-2H3,(H,21,26). The van der Waals surface area contributed by atoms with Crippen LogP contribution in [-0.2, 0) is 9.59 Å². The lowest BCUT2D eigenvalue weighted by atomic mass is 9.99. The van der Waals surface area contributed by atoms with Crippen molar-refractivity contribution in [1.82, 2.24) is 15.1 Å². The van der Waals surface area contributed by atoms with E-state index in [1.54, 1.807) is 13.8 Å². The molecule has 138 valence electrons. The van der Waals surface area contributed by atoms with Crippen molar-refractivity contribution in [2.24, 2.45) is 0 Å². The molecular formula is C20H25N3O3. The Morgan fingerprint density at radius 2 is 1.92 bits per heavy atom. The normalized spacial score (nSPS) is 19.4. The van der Waals surface area contributed by atoms with Crippen LogP contribution in [0.1, 0.15) is 38.7 Å². The van der Waals surface area contributed by atoms with Crippen molar-refractivity contribution in [3.05, 3.63) is 42.0 Å². The summed E-state index contributed by atoms with van der Waals surface area (Å²) in [4.78, 5) is 39.4. The summed E-state index contributed by atoms with van der Waals surface area (Å²) in [6.07, 6.45) is 3.78. The van der Waals surface area contributed by atoms with Crippen LogP contribution in [0, 0.1) is 0 Å². The fraction of sp³-hybridized carbons (Fsp3) is 0.450. The van der Waals surface area contributed by atoms with Gasteiger partial charge in [-0.1, -0.05) is 36.4 Å². The average molecular weight is 355 g/mol. The third-order valence-corrected chi connectivity index (χ3v) is 4.92. The molecule has 6 nitrogen and oxygen atoms in total. The molecule has 2 heterocycles. The number of nitrogens with one attached hydrogen (secondary N) is 1. The molecule has 4 amide bonds. The van der Waals surface area contributed by atoms with Crippen molar-refractivity contribution in [1.29, 1.82) is 0 Å². The Bertz CT molecular complexity index is 740. The zero-order valence-electron chi connectivity index (χ0n) is 15.3. The smallest absolute Gasteiger partial charge is 0.325 e. The van der Waals surface area contributed by atoms with E-state index in [9.17, 15) is 14.4 Å². The molecule has 26 heavy (non-hydrogen) atoms. The van der Waals surface area contributed by atoms with Gasteiger partial charge in [-0.05, 0) is 37.8 Å². The van der Waals surface area contributed by atoms with Gasteiger partial charge in [0.2, 0.25) is 5.91 Å². The maximum atomic E-state index is 12.4. The van der Waals surface area contributed by atoms with Crippen molar-refractivity contribution in [2.45, 2.75) is 38.6 Å². The van der Waals surface area contributed by atoms with Crippen LogP contribution in [0.5, 0.6) is 0 Å². The van der Waals surface area contributed by atoms with Crippen LogP contribution in [0.4, 0.5) is 4.79 Å². The first-order valence-corrected chi connectivity index (χ1v) is 9.05. The number of nitrogens with zero attached hydrogens (tertiary/aromatic N) is 2. The van der Waals surface area contributed by atoms with Gasteiger partial charge in [-0.25, -0.2) is 4.79 Å². The Morgan fingerprint density at radius 3 is 2.50 bits per heavy atom. The van der Waals surface area contributed by atoms with E-state index in [0.717, 1.165) is 6.42 Å². The quantitative estimate of drug-likeness (QED) is 0.825. The molecule has 1 aromatic rings. The molecule has 0 spiro atoms. The summed E-state index contributed by atoms with van der Waals surface area (Å²) >= 11 is 0. The monoisotopic (exact) mass is 355 g/mol. The fourth-order valence-corrected chi connectivity index (χ4v) is 3.38. The third-order valence-electron chi connectivity index (χ3n) is 4.92. The Hall–Kier alpha value is -2.63. The third kappa shape index (κ3) is 3.79. The Morgan fingerprint density at radius 1 is 1.19 bits per heavy atom. The maximum Gasteiger partial charge on any atom is 0.325 e. The van der Waals surface area contributed by atoms with Gasteiger partial charge < -0.3 is 10.2 Å². The molecule has 2 aliphatic rings. The van der Waals surface area contributed by atoms with Gasteiger partial charge in [0.1, 0.15) is 5.54 Å². The highest BCUT2D eigenvalue weighted by Gasteiger charge is 2.43. The Labute approximate surface area is 153 Å². The summed E-state index contributed by atoms with van der Waals surface area (Å²) in [6.45, 7) is 4.96. The molecule has 0 bridgehead atoms. The Balaban J connectivity index is 1.47. The highest BCUT2D eigenvalue weighted by molar-refractivity contribution is 6.06. The number of rotatable bonds is 5. The first-order chi connectivity index (χ1) is 12.4. The van der Waals surface area contributed by atoms with Crippen LogP contribution in [0.3, 0.4) is 0 Å². The van der Waals surface area contributed by atoms with Gasteiger partial charge in [-0.2, -0.15) is 0 Å². The van der Waals surface area contributed by atoms with Gasteiger partial charge in [0.15, 0.2) is 0 Å². The summed E-state index contributed by atoms with van der Waals surface area (Å²) in [7, 11) is 0. The second-order valence-electron chi connectivity index (χ2n) is 7.30. The molecule has 2 aliphatic heterocycles. The molecule has 1 saturated heterocycles. The number of imide groups is 1. The molecule has 1 aromatic carbocycles. The van der Waals surface area contributed by atoms with E-state index in [2.05, 4.69) is 23.5 Å². The lowest BCUT2D eigenvalue weighted by Crippen LogP contribution is -2.40. The van der Waals surface area contributed by atoms with E-state index in [0.29, 0.717) is 25.9 Å². The predicted molar refractivity (Wildman–Crippen MR) is 99.2 cm³/mol. The first-order valence-electron chi connectivity index (χ1n) is 9.05. The molecule has 1 N–H and O–H groups in total. The van der Waals surface area contributed by atoms with E-state index < -0.39 is 5.54 Å². The molecule has 0 unspecified atom stereocenters. The second kappa shape index (κ2) is 7.32. The van der Waals surface area contributed by atoms with Gasteiger partial charge in [0.25, 0.3) is 5.91 Å². The lowest BCUT2D eigenvalue weighted by Gasteiger charge is -2.27. The minimum Gasteiger partial charge on any atom is -0.339 e. The molecule has 0 saturated carbocycles. The van der Waals surface area contributed by atoms with Gasteiger partial charge in [0.05, 0.1) is 0 Å². The minimum absolute atomic E-state index is 0.0691. The summed E-state index contributed by atoms with van der Waals surface area (Å²) in [5.41, 5.74) is 1.63. The number of carbonyl (C=O) groups excluding carboxylic acids is 3. The van der Waals surface area contributed by atoms with E-state index >= 15 is 0 Å². The second-order valence-corrected chi connectivity index (χ2v) is 7.30. The molecular weight excluding hydrogens is 330 g/mol. The summed E-state index contributed by atoms with van der Waals surface area (Å²) in [5, 5.41) is 2.65. The summed E-state index contributed by atoms with van der Waals surface area (Å²) in [5.74, 6) is -0.164. The van der Waals surface area contributed by atoms with Crippen molar-refractivity contribution in [3.63, 3.8) is 0 Å². The molecule has 6 heteroatoms. The van der Waals surface area contributed by atoms with Crippen LogP contribution in [0.25, 0.3) is 5.57 Å². The molecule has 0 atom stereocenters. The molecule has 3 rings (SSSR count). The van der Waals surface area contributed by atoms with Crippen molar-refractivity contribution in [3.8, 4) is 0 Å². The highest BCUT2D eigenvalue weighted by Crippen LogP contribution is 2.22. The zero-order valence-corrected chi connectivity index (χ0v) is 15.3. The number of hydrogen-bond donors (Lipinski definition) is 1. The fourth-order valence-electron chi connectivity index (χ4n) is 3.38. The van der Waals surface area contributed by atoms with E-state index in [1.165, 1.54) is 16.0 Å². The number of benzene rings is 1. The van der Waals surface area contributed by atoms with Gasteiger partial charge >= 0.3 is 6.03 Å². The van der Waals surface area contributed by atoms with E-state index in [4.69, 9.17) is 0 Å². The van der Waals surface area contributed by atoms with Gasteiger partial charge in [-0.3, -0.25) is 14.5 Å². The van der Waals surface area contributed by atoms with Gasteiger partial charge in [-0.15, -0.1) is 0 Å². The molecule has 0 aromatic heterocycles. The van der Waals surface area contributed by atoms with E-state index in [1.807, 2.05) is 23.1 Å². The minimum atomic E-state index is -0.855. The first kappa shape index (κ1) is 18.2. The van der Waals surface area contributed by atoms with Crippen molar-refractivity contribution < 1.29 is 14.4 Å². The Kier molecular flexibility index (Phi) is 5.11. The molecule has 0 aliphatic carbocycles. The lowest BCUT2D eigenvalue weighted by molar-refractivity contribution is -0.132. The maximum absolute atomic E-state index is 12.4. The van der Waals surface area contributed by atoms with Crippen LogP contribution >= 0.6 is 0 Å². The van der Waals surface area contributed by atoms with Gasteiger partial charge in [0, 0.05) is 26.1 Å². The van der Waals surface area contributed by atoms with Crippen LogP contribution in [0.2, 0.25) is 0 Å². The number of carbonyl (C=O) groups is 3. The van der Waals surface area contributed by atoms with Crippen molar-refractivity contribution in [2.75, 3.05) is 19.6 Å². The average Bonchev–Trinajstić information content (AvgIpc) is 2.84. The molecule has 0 radical (unpaired) electrons. The number of urea groups is 1. The van der Waals surface area contributed by atoms with Crippen molar-refractivity contribution >= 4 is 23.4 Å². The number of amides is 4. The summed E-state index contributed by atoms with van der Waals surface area (Å²) in [6, 6.07) is 9.83. The number of hydrogen-bond acceptors (Lipinski definition) is 3. The SMILES string of the molecule is CC1(C)NC(=O)N(CCCC(=O)N2CC=C(c3ccccc3)CC2)C1=O. The summed E-state index contributed by atoms with van der Waals surface area (Å²) < 4.78 is 0. The van der Waals surface area contributed by atoms with Crippen LogP contribution < -0.4 is 5.32 Å². The molecule has 1 fully saturated rings. The zero-order chi connectivity index (χ0) is 18.7. The highest BCUT2D eigenvalue weighted by atomic mass is 16.2. The topological polar surface area (TPSA) is 69.7 Å². The van der Waals surface area contributed by atoms with Crippen LogP contribution in [-0.4, -0.2) is 52.8 Å². The van der Waals surface area contributed by atoms with Crippen LogP contribution in [0.15, 0.2) is 36.4 Å². The predicted octanol–water partition coefficient (Wildman–Crippen LogP) is 2.41.